The zero-order valence-corrected chi connectivity index (χ0v) is 13.6. The molecule has 4 heteroatoms. The summed E-state index contributed by atoms with van der Waals surface area (Å²) >= 11 is 0. The molecule has 3 unspecified atom stereocenters. The molecular formula is C20H18N2O2. The molecule has 0 aliphatic heterocycles. The molecule has 2 bridgehead atoms. The zero-order chi connectivity index (χ0) is 17.6. The second-order valence-electron chi connectivity index (χ2n) is 5.91. The highest BCUT2D eigenvalue weighted by molar-refractivity contribution is 5.66. The number of ether oxygens (including phenoxy) is 1. The van der Waals surface area contributed by atoms with Gasteiger partial charge in [-0.1, -0.05) is 36.6 Å². The molecule has 0 N–H and O–H groups in total. The summed E-state index contributed by atoms with van der Waals surface area (Å²) < 4.78 is 4.75. The summed E-state index contributed by atoms with van der Waals surface area (Å²) in [5.74, 6) is 5.55. The average Bonchev–Trinajstić information content (AvgIpc) is 2.96. The van der Waals surface area contributed by atoms with Gasteiger partial charge in [0.15, 0.2) is 12.0 Å². The van der Waals surface area contributed by atoms with Crippen molar-refractivity contribution in [3.05, 3.63) is 42.2 Å². The molecule has 120 valence electrons. The lowest BCUT2D eigenvalue weighted by Gasteiger charge is -2.33. The monoisotopic (exact) mass is 318 g/mol. The summed E-state index contributed by atoms with van der Waals surface area (Å²) in [5, 5.41) is 19.4. The number of hydrogen-bond acceptors (Lipinski definition) is 4. The van der Waals surface area contributed by atoms with E-state index in [1.54, 1.807) is 0 Å². The molecule has 0 fully saturated rings. The lowest BCUT2D eigenvalue weighted by Crippen LogP contribution is -2.30. The van der Waals surface area contributed by atoms with E-state index in [0.29, 0.717) is 0 Å². The van der Waals surface area contributed by atoms with Crippen LogP contribution in [0.4, 0.5) is 0 Å². The number of hydrogen-bond donors (Lipinski definition) is 0. The Morgan fingerprint density at radius 2 is 2.17 bits per heavy atom. The first-order valence-electron chi connectivity index (χ1n) is 7.74. The zero-order valence-electron chi connectivity index (χ0n) is 13.6. The lowest BCUT2D eigenvalue weighted by molar-refractivity contribution is -0.139. The van der Waals surface area contributed by atoms with Crippen molar-refractivity contribution in [1.29, 1.82) is 10.5 Å². The van der Waals surface area contributed by atoms with Gasteiger partial charge in [0.1, 0.15) is 0 Å². The van der Waals surface area contributed by atoms with E-state index >= 15 is 0 Å². The SMILES string of the molecule is C=C=CC1C(C(C#N)(C#N)CC#CCOC(C)=O)=CC2C=CC1C2. The predicted molar refractivity (Wildman–Crippen MR) is 88.7 cm³/mol. The Labute approximate surface area is 142 Å². The number of nitriles is 2. The van der Waals surface area contributed by atoms with Crippen molar-refractivity contribution in [3.8, 4) is 24.0 Å². The Morgan fingerprint density at radius 3 is 2.79 bits per heavy atom. The Morgan fingerprint density at radius 1 is 1.42 bits per heavy atom. The van der Waals surface area contributed by atoms with Gasteiger partial charge in [0.05, 0.1) is 12.1 Å². The number of fused-ring (bicyclic) bond motifs is 2. The van der Waals surface area contributed by atoms with Crippen LogP contribution in [0.25, 0.3) is 0 Å². The minimum atomic E-state index is -1.32. The Balaban J connectivity index is 2.29. The first-order valence-corrected chi connectivity index (χ1v) is 7.74. The third-order valence-electron chi connectivity index (χ3n) is 4.36. The minimum absolute atomic E-state index is 0.0376. The molecule has 0 aromatic carbocycles. The second-order valence-corrected chi connectivity index (χ2v) is 5.91. The molecule has 2 aliphatic carbocycles. The normalized spacial score (nSPS) is 23.6. The van der Waals surface area contributed by atoms with Crippen LogP contribution < -0.4 is 0 Å². The van der Waals surface area contributed by atoms with Crippen molar-refractivity contribution >= 4 is 5.97 Å². The van der Waals surface area contributed by atoms with Crippen LogP contribution in [0.15, 0.2) is 42.2 Å². The standard InChI is InChI=1S/C20H18N2O2/c1-3-6-18-17-8-7-16(11-17)12-19(18)20(13-21,14-22)9-4-5-10-24-15(2)23/h6-8,12,16-18H,1,9-11H2,2H3. The van der Waals surface area contributed by atoms with E-state index in [1.807, 2.05) is 12.2 Å². The third-order valence-corrected chi connectivity index (χ3v) is 4.36. The molecule has 2 rings (SSSR count). The molecule has 0 heterocycles. The summed E-state index contributed by atoms with van der Waals surface area (Å²) in [6, 6.07) is 4.31. The van der Waals surface area contributed by atoms with Crippen LogP contribution >= 0.6 is 0 Å². The second kappa shape index (κ2) is 7.52. The average molecular weight is 318 g/mol. The van der Waals surface area contributed by atoms with Gasteiger partial charge in [0.25, 0.3) is 0 Å². The molecular weight excluding hydrogens is 300 g/mol. The number of carbonyl (C=O) groups is 1. The molecule has 0 spiro atoms. The molecule has 3 atom stereocenters. The topological polar surface area (TPSA) is 73.9 Å². The van der Waals surface area contributed by atoms with Crippen molar-refractivity contribution in [2.45, 2.75) is 19.8 Å². The van der Waals surface area contributed by atoms with Crippen molar-refractivity contribution in [1.82, 2.24) is 0 Å². The van der Waals surface area contributed by atoms with Gasteiger partial charge in [-0.2, -0.15) is 10.5 Å². The van der Waals surface area contributed by atoms with Crippen LogP contribution in [0, 0.1) is 57.7 Å². The van der Waals surface area contributed by atoms with Gasteiger partial charge in [-0.15, -0.1) is 5.73 Å². The Bertz CT molecular complexity index is 759. The fourth-order valence-corrected chi connectivity index (χ4v) is 3.21. The molecule has 2 aliphatic rings. The van der Waals surface area contributed by atoms with E-state index in [-0.39, 0.29) is 30.8 Å². The van der Waals surface area contributed by atoms with E-state index < -0.39 is 11.4 Å². The van der Waals surface area contributed by atoms with Gasteiger partial charge in [0.2, 0.25) is 0 Å². The summed E-state index contributed by atoms with van der Waals surface area (Å²) in [4.78, 5) is 10.7. The van der Waals surface area contributed by atoms with Crippen LogP contribution in [-0.2, 0) is 9.53 Å². The van der Waals surface area contributed by atoms with Gasteiger partial charge >= 0.3 is 5.97 Å². The quantitative estimate of drug-likeness (QED) is 0.345. The highest BCUT2D eigenvalue weighted by Crippen LogP contribution is 2.48. The van der Waals surface area contributed by atoms with Crippen molar-refractivity contribution in [2.75, 3.05) is 6.61 Å². The summed E-state index contributed by atoms with van der Waals surface area (Å²) in [5.41, 5.74) is 2.26. The first kappa shape index (κ1) is 17.4. The fraction of sp³-hybridized carbons (Fsp3) is 0.400. The fourth-order valence-electron chi connectivity index (χ4n) is 3.21. The predicted octanol–water partition coefficient (Wildman–Crippen LogP) is 3.07. The Hall–Kier alpha value is -2.99. The van der Waals surface area contributed by atoms with Gasteiger partial charge in [-0.3, -0.25) is 4.79 Å². The minimum Gasteiger partial charge on any atom is -0.453 e. The van der Waals surface area contributed by atoms with E-state index in [1.165, 1.54) is 6.92 Å². The molecule has 0 aromatic heterocycles. The Kier molecular flexibility index (Phi) is 5.44. The van der Waals surface area contributed by atoms with Gasteiger partial charge in [0, 0.05) is 19.3 Å². The molecule has 0 saturated heterocycles. The molecule has 4 nitrogen and oxygen atoms in total. The summed E-state index contributed by atoms with van der Waals surface area (Å²) in [6.45, 7) is 4.90. The van der Waals surface area contributed by atoms with E-state index in [2.05, 4.69) is 48.4 Å². The van der Waals surface area contributed by atoms with Gasteiger partial charge < -0.3 is 4.74 Å². The van der Waals surface area contributed by atoms with E-state index in [9.17, 15) is 15.3 Å². The van der Waals surface area contributed by atoms with Crippen LogP contribution in [0.5, 0.6) is 0 Å². The van der Waals surface area contributed by atoms with Crippen molar-refractivity contribution < 1.29 is 9.53 Å². The number of esters is 1. The summed E-state index contributed by atoms with van der Waals surface area (Å²) in [6.07, 6.45) is 9.16. The highest BCUT2D eigenvalue weighted by atomic mass is 16.5. The van der Waals surface area contributed by atoms with Gasteiger partial charge in [-0.25, -0.2) is 0 Å². The van der Waals surface area contributed by atoms with E-state index in [0.717, 1.165) is 12.0 Å². The maximum absolute atomic E-state index is 10.7. The largest absolute Gasteiger partial charge is 0.453 e. The van der Waals surface area contributed by atoms with E-state index in [4.69, 9.17) is 4.74 Å². The molecule has 0 saturated carbocycles. The van der Waals surface area contributed by atoms with Crippen LogP contribution in [-0.4, -0.2) is 12.6 Å². The maximum atomic E-state index is 10.7. The lowest BCUT2D eigenvalue weighted by atomic mass is 9.66. The first-order chi connectivity index (χ1) is 11.6. The smallest absolute Gasteiger partial charge is 0.303 e. The van der Waals surface area contributed by atoms with Crippen molar-refractivity contribution in [3.63, 3.8) is 0 Å². The maximum Gasteiger partial charge on any atom is 0.303 e. The van der Waals surface area contributed by atoms with Crippen molar-refractivity contribution in [2.24, 2.45) is 23.2 Å². The number of allylic oxidation sites excluding steroid dienone is 5. The highest BCUT2D eigenvalue weighted by Gasteiger charge is 2.43. The third kappa shape index (κ3) is 3.49. The molecule has 24 heavy (non-hydrogen) atoms. The van der Waals surface area contributed by atoms with Gasteiger partial charge in [-0.05, 0) is 29.9 Å². The van der Waals surface area contributed by atoms with Crippen LogP contribution in [0.2, 0.25) is 0 Å². The number of rotatable bonds is 4. The van der Waals surface area contributed by atoms with Crippen LogP contribution in [0.3, 0.4) is 0 Å². The number of nitrogens with zero attached hydrogens (tertiary/aromatic N) is 2. The summed E-state index contributed by atoms with van der Waals surface area (Å²) in [7, 11) is 0. The molecule has 0 aromatic rings. The van der Waals surface area contributed by atoms with Crippen LogP contribution in [0.1, 0.15) is 19.8 Å². The molecule has 0 amide bonds. The number of carbonyl (C=O) groups excluding carboxylic acids is 1. The molecule has 0 radical (unpaired) electrons.